The van der Waals surface area contributed by atoms with Gasteiger partial charge in [0.1, 0.15) is 0 Å². The van der Waals surface area contributed by atoms with Gasteiger partial charge in [0.15, 0.2) is 0 Å². The first-order valence-corrected chi connectivity index (χ1v) is 6.59. The summed E-state index contributed by atoms with van der Waals surface area (Å²) in [7, 11) is 0. The summed E-state index contributed by atoms with van der Waals surface area (Å²) in [4.78, 5) is 22.2. The number of hydrogen-bond acceptors (Lipinski definition) is 2. The van der Waals surface area contributed by atoms with Crippen molar-refractivity contribution in [2.24, 2.45) is 10.8 Å². The Hall–Kier alpha value is -1.06. The normalized spacial score (nSPS) is 12.1. The van der Waals surface area contributed by atoms with Crippen molar-refractivity contribution in [2.75, 3.05) is 13.1 Å². The maximum atomic E-state index is 11.3. The van der Waals surface area contributed by atoms with Gasteiger partial charge in [0.25, 0.3) is 0 Å². The molecule has 0 spiro atoms. The van der Waals surface area contributed by atoms with Crippen molar-refractivity contribution in [3.8, 4) is 0 Å². The minimum atomic E-state index is 0.000155. The Morgan fingerprint density at radius 1 is 0.944 bits per heavy atom. The Balaban J connectivity index is 4.27. The Bertz CT molecular complexity index is 296. The molecular formula is C14H28N2O2. The van der Waals surface area contributed by atoms with Crippen LogP contribution in [0.15, 0.2) is 0 Å². The quantitative estimate of drug-likeness (QED) is 0.733. The minimum absolute atomic E-state index is 0.000155. The van der Waals surface area contributed by atoms with E-state index in [1.807, 2.05) is 6.92 Å². The molecule has 0 heterocycles. The number of rotatable bonds is 7. The average Bonchev–Trinajstić information content (AvgIpc) is 2.22. The molecule has 0 unspecified atom stereocenters. The molecule has 4 nitrogen and oxygen atoms in total. The molecule has 0 saturated heterocycles. The van der Waals surface area contributed by atoms with Gasteiger partial charge in [0.05, 0.1) is 0 Å². The third-order valence-corrected chi connectivity index (χ3v) is 2.86. The molecule has 0 aromatic rings. The first-order chi connectivity index (χ1) is 8.08. The van der Waals surface area contributed by atoms with Gasteiger partial charge in [-0.1, -0.05) is 34.6 Å². The smallest absolute Gasteiger partial charge is 0.219 e. The van der Waals surface area contributed by atoms with E-state index in [1.54, 1.807) is 0 Å². The molecule has 0 aromatic heterocycles. The zero-order valence-electron chi connectivity index (χ0n) is 12.6. The van der Waals surface area contributed by atoms with Gasteiger partial charge in [-0.15, -0.1) is 0 Å². The molecule has 0 aliphatic carbocycles. The van der Waals surface area contributed by atoms with E-state index in [0.717, 1.165) is 6.42 Å². The Morgan fingerprint density at radius 2 is 1.39 bits per heavy atom. The van der Waals surface area contributed by atoms with Crippen LogP contribution in [0.3, 0.4) is 0 Å². The zero-order valence-corrected chi connectivity index (χ0v) is 12.6. The number of nitrogens with one attached hydrogen (secondary N) is 2. The van der Waals surface area contributed by atoms with Crippen molar-refractivity contribution >= 4 is 11.8 Å². The third kappa shape index (κ3) is 8.09. The van der Waals surface area contributed by atoms with Gasteiger partial charge in [0.2, 0.25) is 11.8 Å². The largest absolute Gasteiger partial charge is 0.356 e. The lowest BCUT2D eigenvalue weighted by atomic mass is 9.75. The lowest BCUT2D eigenvalue weighted by Crippen LogP contribution is -2.40. The topological polar surface area (TPSA) is 58.2 Å². The minimum Gasteiger partial charge on any atom is -0.356 e. The van der Waals surface area contributed by atoms with Crippen LogP contribution in [0.4, 0.5) is 0 Å². The SMILES string of the molecule is CCC(=O)NCC(C)(C)CC(C)(C)CNC(C)=O. The van der Waals surface area contributed by atoms with Crippen LogP contribution in [-0.2, 0) is 9.59 Å². The van der Waals surface area contributed by atoms with Gasteiger partial charge in [0, 0.05) is 26.4 Å². The summed E-state index contributed by atoms with van der Waals surface area (Å²) in [5, 5.41) is 5.79. The summed E-state index contributed by atoms with van der Waals surface area (Å²) >= 11 is 0. The van der Waals surface area contributed by atoms with Crippen molar-refractivity contribution in [2.45, 2.75) is 54.4 Å². The van der Waals surface area contributed by atoms with Crippen LogP contribution in [0.2, 0.25) is 0 Å². The van der Waals surface area contributed by atoms with Crippen LogP contribution < -0.4 is 10.6 Å². The van der Waals surface area contributed by atoms with Gasteiger partial charge in [-0.3, -0.25) is 9.59 Å². The average molecular weight is 256 g/mol. The molecule has 0 bridgehead atoms. The van der Waals surface area contributed by atoms with Crippen molar-refractivity contribution in [3.05, 3.63) is 0 Å². The molecule has 0 saturated carbocycles. The van der Waals surface area contributed by atoms with E-state index in [4.69, 9.17) is 0 Å². The van der Waals surface area contributed by atoms with Crippen LogP contribution in [0, 0.1) is 10.8 Å². The standard InChI is InChI=1S/C14H28N2O2/c1-7-12(18)16-10-14(5,6)8-13(3,4)9-15-11(2)17/h7-10H2,1-6H3,(H,15,17)(H,16,18). The van der Waals surface area contributed by atoms with Crippen molar-refractivity contribution in [1.82, 2.24) is 10.6 Å². The Kier molecular flexibility index (Phi) is 6.36. The van der Waals surface area contributed by atoms with Crippen molar-refractivity contribution in [3.63, 3.8) is 0 Å². The molecule has 0 rings (SSSR count). The molecule has 2 N–H and O–H groups in total. The highest BCUT2D eigenvalue weighted by Crippen LogP contribution is 2.32. The second-order valence-electron chi connectivity index (χ2n) is 6.55. The Morgan fingerprint density at radius 3 is 1.78 bits per heavy atom. The van der Waals surface area contributed by atoms with E-state index in [9.17, 15) is 9.59 Å². The van der Waals surface area contributed by atoms with Crippen LogP contribution in [0.25, 0.3) is 0 Å². The number of hydrogen-bond donors (Lipinski definition) is 2. The summed E-state index contributed by atoms with van der Waals surface area (Å²) in [5.74, 6) is 0.0860. The lowest BCUT2D eigenvalue weighted by Gasteiger charge is -2.35. The fourth-order valence-corrected chi connectivity index (χ4v) is 2.25. The van der Waals surface area contributed by atoms with E-state index < -0.39 is 0 Å². The number of carbonyl (C=O) groups excluding carboxylic acids is 2. The maximum Gasteiger partial charge on any atom is 0.219 e. The second kappa shape index (κ2) is 6.76. The molecule has 0 aliphatic heterocycles. The lowest BCUT2D eigenvalue weighted by molar-refractivity contribution is -0.121. The first kappa shape index (κ1) is 16.9. The first-order valence-electron chi connectivity index (χ1n) is 6.59. The van der Waals surface area contributed by atoms with Gasteiger partial charge >= 0.3 is 0 Å². The zero-order chi connectivity index (χ0) is 14.4. The van der Waals surface area contributed by atoms with Gasteiger partial charge in [-0.2, -0.15) is 0 Å². The molecule has 0 atom stereocenters. The summed E-state index contributed by atoms with van der Waals surface area (Å²) < 4.78 is 0. The van der Waals surface area contributed by atoms with Gasteiger partial charge in [-0.05, 0) is 17.3 Å². The monoisotopic (exact) mass is 256 g/mol. The summed E-state index contributed by atoms with van der Waals surface area (Å²) in [5.41, 5.74) is 0.0406. The number of carbonyl (C=O) groups is 2. The highest BCUT2D eigenvalue weighted by molar-refractivity contribution is 5.75. The Labute approximate surface area is 111 Å². The maximum absolute atomic E-state index is 11.3. The predicted molar refractivity (Wildman–Crippen MR) is 74.2 cm³/mol. The van der Waals surface area contributed by atoms with E-state index in [1.165, 1.54) is 6.92 Å². The molecule has 0 radical (unpaired) electrons. The molecule has 0 aromatic carbocycles. The summed E-state index contributed by atoms with van der Waals surface area (Å²) in [6.45, 7) is 13.2. The van der Waals surface area contributed by atoms with Crippen molar-refractivity contribution in [1.29, 1.82) is 0 Å². The van der Waals surface area contributed by atoms with Crippen LogP contribution in [0.5, 0.6) is 0 Å². The van der Waals surface area contributed by atoms with Crippen LogP contribution >= 0.6 is 0 Å². The van der Waals surface area contributed by atoms with Gasteiger partial charge < -0.3 is 10.6 Å². The highest BCUT2D eigenvalue weighted by Gasteiger charge is 2.29. The summed E-state index contributed by atoms with van der Waals surface area (Å²) in [6, 6.07) is 0. The molecule has 0 fully saturated rings. The number of amides is 2. The van der Waals surface area contributed by atoms with E-state index in [-0.39, 0.29) is 22.6 Å². The molecule has 18 heavy (non-hydrogen) atoms. The molecule has 0 aliphatic rings. The molecule has 106 valence electrons. The fourth-order valence-electron chi connectivity index (χ4n) is 2.25. The van der Waals surface area contributed by atoms with Gasteiger partial charge in [-0.25, -0.2) is 0 Å². The molecule has 4 heteroatoms. The second-order valence-corrected chi connectivity index (χ2v) is 6.55. The van der Waals surface area contributed by atoms with Crippen LogP contribution in [0.1, 0.15) is 54.4 Å². The molecule has 2 amide bonds. The fraction of sp³-hybridized carbons (Fsp3) is 0.857. The predicted octanol–water partition coefficient (Wildman–Crippen LogP) is 2.09. The summed E-state index contributed by atoms with van der Waals surface area (Å²) in [6.07, 6.45) is 1.45. The molecular weight excluding hydrogens is 228 g/mol. The third-order valence-electron chi connectivity index (χ3n) is 2.86. The van der Waals surface area contributed by atoms with Crippen molar-refractivity contribution < 1.29 is 9.59 Å². The van der Waals surface area contributed by atoms with E-state index in [0.29, 0.717) is 19.5 Å². The highest BCUT2D eigenvalue weighted by atomic mass is 16.2. The van der Waals surface area contributed by atoms with Crippen LogP contribution in [-0.4, -0.2) is 24.9 Å². The van der Waals surface area contributed by atoms with E-state index in [2.05, 4.69) is 38.3 Å². The van der Waals surface area contributed by atoms with E-state index >= 15 is 0 Å².